The van der Waals surface area contributed by atoms with Gasteiger partial charge in [0, 0.05) is 0 Å². The highest BCUT2D eigenvalue weighted by Gasteiger charge is 2.33. The standard InChI is InChI=1S/C8H14O5/c1-6(11)3-13-7(12)8(2,4-9)5-10/h9-10H,3-5H2,1-2H3. The number of aliphatic hydroxyl groups excluding tert-OH is 2. The number of aliphatic hydroxyl groups is 2. The van der Waals surface area contributed by atoms with Gasteiger partial charge in [-0.2, -0.15) is 0 Å². The second kappa shape index (κ2) is 4.94. The Morgan fingerprint density at radius 1 is 1.31 bits per heavy atom. The van der Waals surface area contributed by atoms with Gasteiger partial charge < -0.3 is 14.9 Å². The summed E-state index contributed by atoms with van der Waals surface area (Å²) in [7, 11) is 0. The number of ether oxygens (including phenoxy) is 1. The van der Waals surface area contributed by atoms with Crippen LogP contribution in [0, 0.1) is 5.41 Å². The van der Waals surface area contributed by atoms with Crippen LogP contribution in [0.3, 0.4) is 0 Å². The Morgan fingerprint density at radius 3 is 2.08 bits per heavy atom. The number of carbonyl (C=O) groups excluding carboxylic acids is 2. The normalized spacial score (nSPS) is 11.1. The summed E-state index contributed by atoms with van der Waals surface area (Å²) < 4.78 is 4.54. The lowest BCUT2D eigenvalue weighted by molar-refractivity contribution is -0.162. The number of hydrogen-bond acceptors (Lipinski definition) is 5. The first kappa shape index (κ1) is 12.1. The predicted molar refractivity (Wildman–Crippen MR) is 43.9 cm³/mol. The van der Waals surface area contributed by atoms with Gasteiger partial charge in [-0.05, 0) is 13.8 Å². The van der Waals surface area contributed by atoms with Crippen molar-refractivity contribution in [2.75, 3.05) is 19.8 Å². The molecule has 0 aromatic heterocycles. The highest BCUT2D eigenvalue weighted by Crippen LogP contribution is 2.16. The van der Waals surface area contributed by atoms with Crippen molar-refractivity contribution in [3.63, 3.8) is 0 Å². The maximum Gasteiger partial charge on any atom is 0.316 e. The van der Waals surface area contributed by atoms with Crippen molar-refractivity contribution in [2.24, 2.45) is 5.41 Å². The van der Waals surface area contributed by atoms with Gasteiger partial charge >= 0.3 is 5.97 Å². The van der Waals surface area contributed by atoms with Gasteiger partial charge in [0.05, 0.1) is 13.2 Å². The Kier molecular flexibility index (Phi) is 4.58. The molecule has 0 rings (SSSR count). The summed E-state index contributed by atoms with van der Waals surface area (Å²) in [5.41, 5.74) is -1.32. The highest BCUT2D eigenvalue weighted by atomic mass is 16.5. The number of rotatable bonds is 5. The van der Waals surface area contributed by atoms with Crippen molar-refractivity contribution in [3.8, 4) is 0 Å². The Labute approximate surface area is 76.3 Å². The Hall–Kier alpha value is -0.940. The zero-order chi connectivity index (χ0) is 10.5. The average molecular weight is 190 g/mol. The molecule has 0 fully saturated rings. The van der Waals surface area contributed by atoms with Crippen LogP contribution in [0.25, 0.3) is 0 Å². The van der Waals surface area contributed by atoms with Crippen LogP contribution in [0.15, 0.2) is 0 Å². The molecule has 0 spiro atoms. The maximum absolute atomic E-state index is 11.1. The van der Waals surface area contributed by atoms with Gasteiger partial charge in [0.25, 0.3) is 0 Å². The number of carbonyl (C=O) groups is 2. The fourth-order valence-corrected chi connectivity index (χ4v) is 0.521. The number of Topliss-reactive ketones (excluding diaryl/α,β-unsaturated/α-hetero) is 1. The second-order valence-corrected chi connectivity index (χ2v) is 3.16. The van der Waals surface area contributed by atoms with Crippen LogP contribution >= 0.6 is 0 Å². The molecule has 0 saturated heterocycles. The lowest BCUT2D eigenvalue weighted by Gasteiger charge is -2.21. The molecule has 0 bridgehead atoms. The zero-order valence-electron chi connectivity index (χ0n) is 7.74. The van der Waals surface area contributed by atoms with Crippen LogP contribution in [-0.4, -0.2) is 41.8 Å². The smallest absolute Gasteiger partial charge is 0.316 e. The van der Waals surface area contributed by atoms with Crippen molar-refractivity contribution in [3.05, 3.63) is 0 Å². The zero-order valence-corrected chi connectivity index (χ0v) is 7.74. The molecule has 2 N–H and O–H groups in total. The molecule has 0 heterocycles. The average Bonchev–Trinajstić information content (AvgIpc) is 2.12. The van der Waals surface area contributed by atoms with Gasteiger partial charge in [-0.3, -0.25) is 9.59 Å². The van der Waals surface area contributed by atoms with Crippen molar-refractivity contribution < 1.29 is 24.5 Å². The minimum Gasteiger partial charge on any atom is -0.457 e. The topological polar surface area (TPSA) is 83.8 Å². The van der Waals surface area contributed by atoms with E-state index in [1.54, 1.807) is 0 Å². The van der Waals surface area contributed by atoms with Crippen LogP contribution in [0.1, 0.15) is 13.8 Å². The van der Waals surface area contributed by atoms with Crippen LogP contribution < -0.4 is 0 Å². The minimum atomic E-state index is -1.32. The van der Waals surface area contributed by atoms with E-state index in [0.717, 1.165) is 0 Å². The summed E-state index contributed by atoms with van der Waals surface area (Å²) in [6, 6.07) is 0. The molecule has 5 nitrogen and oxygen atoms in total. The molecule has 0 unspecified atom stereocenters. The van der Waals surface area contributed by atoms with E-state index >= 15 is 0 Å². The first-order valence-corrected chi connectivity index (χ1v) is 3.84. The summed E-state index contributed by atoms with van der Waals surface area (Å²) in [6.45, 7) is 1.28. The number of esters is 1. The van der Waals surface area contributed by atoms with E-state index in [-0.39, 0.29) is 12.4 Å². The van der Waals surface area contributed by atoms with Gasteiger partial charge in [-0.15, -0.1) is 0 Å². The van der Waals surface area contributed by atoms with E-state index in [1.807, 2.05) is 0 Å². The third-order valence-electron chi connectivity index (χ3n) is 1.60. The largest absolute Gasteiger partial charge is 0.457 e. The maximum atomic E-state index is 11.1. The first-order valence-electron chi connectivity index (χ1n) is 3.84. The molecule has 0 aromatic carbocycles. The van der Waals surface area contributed by atoms with Gasteiger partial charge in [0.15, 0.2) is 5.78 Å². The van der Waals surface area contributed by atoms with Gasteiger partial charge in [0.2, 0.25) is 0 Å². The fraction of sp³-hybridized carbons (Fsp3) is 0.750. The molecule has 5 heteroatoms. The van der Waals surface area contributed by atoms with Crippen LogP contribution in [0.2, 0.25) is 0 Å². The Morgan fingerprint density at radius 2 is 1.77 bits per heavy atom. The molecule has 0 aromatic rings. The number of ketones is 1. The summed E-state index contributed by atoms with van der Waals surface area (Å²) in [5.74, 6) is -1.06. The molecule has 0 amide bonds. The van der Waals surface area contributed by atoms with Crippen molar-refractivity contribution >= 4 is 11.8 Å². The van der Waals surface area contributed by atoms with Crippen molar-refractivity contribution in [1.82, 2.24) is 0 Å². The summed E-state index contributed by atoms with van der Waals surface area (Å²) in [6.07, 6.45) is 0. The molecular weight excluding hydrogens is 176 g/mol. The third kappa shape index (κ3) is 3.52. The molecule has 76 valence electrons. The molecular formula is C8H14O5. The second-order valence-electron chi connectivity index (χ2n) is 3.16. The van der Waals surface area contributed by atoms with Crippen LogP contribution in [0.5, 0.6) is 0 Å². The molecule has 13 heavy (non-hydrogen) atoms. The van der Waals surface area contributed by atoms with E-state index < -0.39 is 24.6 Å². The van der Waals surface area contributed by atoms with Crippen molar-refractivity contribution in [1.29, 1.82) is 0 Å². The molecule has 0 atom stereocenters. The van der Waals surface area contributed by atoms with E-state index in [0.29, 0.717) is 0 Å². The Balaban J connectivity index is 4.15. The Bertz CT molecular complexity index is 195. The monoisotopic (exact) mass is 190 g/mol. The number of hydrogen-bond donors (Lipinski definition) is 2. The van der Waals surface area contributed by atoms with Gasteiger partial charge in [-0.1, -0.05) is 0 Å². The van der Waals surface area contributed by atoms with E-state index in [2.05, 4.69) is 4.74 Å². The summed E-state index contributed by atoms with van der Waals surface area (Å²) in [5, 5.41) is 17.6. The SMILES string of the molecule is CC(=O)COC(=O)C(C)(CO)CO. The summed E-state index contributed by atoms with van der Waals surface area (Å²) >= 11 is 0. The quantitative estimate of drug-likeness (QED) is 0.549. The van der Waals surface area contributed by atoms with Gasteiger partial charge in [-0.25, -0.2) is 0 Å². The predicted octanol–water partition coefficient (Wildman–Crippen LogP) is -0.890. The highest BCUT2D eigenvalue weighted by molar-refractivity contribution is 5.82. The lowest BCUT2D eigenvalue weighted by atomic mass is 9.93. The molecule has 0 aliphatic rings. The molecule has 0 saturated carbocycles. The molecule has 0 aliphatic carbocycles. The van der Waals surface area contributed by atoms with E-state index in [4.69, 9.17) is 10.2 Å². The van der Waals surface area contributed by atoms with Crippen molar-refractivity contribution in [2.45, 2.75) is 13.8 Å². The third-order valence-corrected chi connectivity index (χ3v) is 1.60. The summed E-state index contributed by atoms with van der Waals surface area (Å²) in [4.78, 5) is 21.6. The van der Waals surface area contributed by atoms with Crippen LogP contribution in [-0.2, 0) is 14.3 Å². The first-order chi connectivity index (χ1) is 5.96. The fourth-order valence-electron chi connectivity index (χ4n) is 0.521. The minimum absolute atomic E-state index is 0.286. The van der Waals surface area contributed by atoms with Crippen LogP contribution in [0.4, 0.5) is 0 Å². The van der Waals surface area contributed by atoms with E-state index in [1.165, 1.54) is 13.8 Å². The molecule has 0 radical (unpaired) electrons. The van der Waals surface area contributed by atoms with Gasteiger partial charge in [0.1, 0.15) is 12.0 Å². The van der Waals surface area contributed by atoms with E-state index in [9.17, 15) is 9.59 Å². The molecule has 0 aliphatic heterocycles. The lowest BCUT2D eigenvalue weighted by Crippen LogP contribution is -2.37.